The number of nitriles is 1. The van der Waals surface area contributed by atoms with Gasteiger partial charge in [0.1, 0.15) is 0 Å². The van der Waals surface area contributed by atoms with Gasteiger partial charge in [-0.3, -0.25) is 0 Å². The standard InChI is InChI=1S/C14H20N2O/c1-3-6-16-7-8-17-11-14-5-4-13(10-15)9-12(14)2/h4-5,9,16H,3,6-8,11H2,1-2H3. The Morgan fingerprint density at radius 3 is 2.82 bits per heavy atom. The number of rotatable bonds is 7. The molecule has 0 aromatic heterocycles. The lowest BCUT2D eigenvalue weighted by Crippen LogP contribution is -2.20. The lowest BCUT2D eigenvalue weighted by atomic mass is 10.1. The van der Waals surface area contributed by atoms with Gasteiger partial charge >= 0.3 is 0 Å². The minimum atomic E-state index is 0.616. The molecule has 0 amide bonds. The van der Waals surface area contributed by atoms with Crippen LogP contribution in [0, 0.1) is 18.3 Å². The number of nitrogens with zero attached hydrogens (tertiary/aromatic N) is 1. The number of hydrogen-bond donors (Lipinski definition) is 1. The van der Waals surface area contributed by atoms with E-state index in [2.05, 4.69) is 18.3 Å². The van der Waals surface area contributed by atoms with E-state index in [1.807, 2.05) is 25.1 Å². The van der Waals surface area contributed by atoms with E-state index in [0.717, 1.165) is 37.2 Å². The fourth-order valence-corrected chi connectivity index (χ4v) is 1.56. The molecule has 0 aliphatic heterocycles. The Labute approximate surface area is 103 Å². The highest BCUT2D eigenvalue weighted by atomic mass is 16.5. The molecule has 0 aliphatic carbocycles. The van der Waals surface area contributed by atoms with Gasteiger partial charge in [-0.1, -0.05) is 13.0 Å². The Morgan fingerprint density at radius 1 is 1.35 bits per heavy atom. The molecule has 1 aromatic rings. The molecule has 1 rings (SSSR count). The van der Waals surface area contributed by atoms with Gasteiger partial charge in [-0.15, -0.1) is 0 Å². The number of aryl methyl sites for hydroxylation is 1. The minimum absolute atomic E-state index is 0.616. The zero-order chi connectivity index (χ0) is 12.5. The third kappa shape index (κ3) is 4.99. The summed E-state index contributed by atoms with van der Waals surface area (Å²) in [5.74, 6) is 0. The van der Waals surface area contributed by atoms with E-state index in [0.29, 0.717) is 12.2 Å². The van der Waals surface area contributed by atoms with Crippen LogP contribution in [0.25, 0.3) is 0 Å². The second-order valence-corrected chi connectivity index (χ2v) is 4.06. The van der Waals surface area contributed by atoms with Crippen molar-refractivity contribution in [3.8, 4) is 6.07 Å². The smallest absolute Gasteiger partial charge is 0.0991 e. The predicted octanol–water partition coefficient (Wildman–Crippen LogP) is 2.38. The molecule has 0 unspecified atom stereocenters. The van der Waals surface area contributed by atoms with Crippen LogP contribution in [-0.4, -0.2) is 19.7 Å². The van der Waals surface area contributed by atoms with E-state index < -0.39 is 0 Å². The average molecular weight is 232 g/mol. The summed E-state index contributed by atoms with van der Waals surface area (Å²) in [5, 5.41) is 12.0. The molecule has 17 heavy (non-hydrogen) atoms. The van der Waals surface area contributed by atoms with Crippen molar-refractivity contribution in [2.45, 2.75) is 26.9 Å². The third-order valence-corrected chi connectivity index (χ3v) is 2.58. The lowest BCUT2D eigenvalue weighted by molar-refractivity contribution is 0.122. The van der Waals surface area contributed by atoms with Crippen molar-refractivity contribution < 1.29 is 4.74 Å². The van der Waals surface area contributed by atoms with Crippen LogP contribution in [0.5, 0.6) is 0 Å². The normalized spacial score (nSPS) is 10.2. The molecule has 0 saturated carbocycles. The lowest BCUT2D eigenvalue weighted by Gasteiger charge is -2.08. The molecule has 1 N–H and O–H groups in total. The maximum absolute atomic E-state index is 8.76. The Bertz CT molecular complexity index is 382. The zero-order valence-corrected chi connectivity index (χ0v) is 10.6. The SMILES string of the molecule is CCCNCCOCc1ccc(C#N)cc1C. The molecule has 0 bridgehead atoms. The Morgan fingerprint density at radius 2 is 2.18 bits per heavy atom. The first-order chi connectivity index (χ1) is 8.27. The van der Waals surface area contributed by atoms with Crippen LogP contribution in [0.15, 0.2) is 18.2 Å². The van der Waals surface area contributed by atoms with Gasteiger partial charge in [-0.25, -0.2) is 0 Å². The minimum Gasteiger partial charge on any atom is -0.375 e. The molecular formula is C14H20N2O. The van der Waals surface area contributed by atoms with Crippen molar-refractivity contribution in [3.05, 3.63) is 34.9 Å². The van der Waals surface area contributed by atoms with Crippen LogP contribution >= 0.6 is 0 Å². The van der Waals surface area contributed by atoms with Crippen molar-refractivity contribution in [1.29, 1.82) is 5.26 Å². The van der Waals surface area contributed by atoms with Gasteiger partial charge in [-0.05, 0) is 43.1 Å². The summed E-state index contributed by atoms with van der Waals surface area (Å²) in [7, 11) is 0. The van der Waals surface area contributed by atoms with Gasteiger partial charge in [0.25, 0.3) is 0 Å². The fraction of sp³-hybridized carbons (Fsp3) is 0.500. The first-order valence-corrected chi connectivity index (χ1v) is 6.06. The molecular weight excluding hydrogens is 212 g/mol. The molecule has 0 atom stereocenters. The molecule has 0 radical (unpaired) electrons. The summed E-state index contributed by atoms with van der Waals surface area (Å²) in [6, 6.07) is 7.83. The van der Waals surface area contributed by atoms with Crippen LogP contribution in [-0.2, 0) is 11.3 Å². The van der Waals surface area contributed by atoms with Gasteiger partial charge in [0.2, 0.25) is 0 Å². The van der Waals surface area contributed by atoms with Crippen LogP contribution in [0.2, 0.25) is 0 Å². The molecule has 3 heteroatoms. The van der Waals surface area contributed by atoms with Crippen molar-refractivity contribution >= 4 is 0 Å². The zero-order valence-electron chi connectivity index (χ0n) is 10.6. The van der Waals surface area contributed by atoms with Gasteiger partial charge in [0.05, 0.1) is 24.8 Å². The monoisotopic (exact) mass is 232 g/mol. The van der Waals surface area contributed by atoms with E-state index in [4.69, 9.17) is 10.00 Å². The van der Waals surface area contributed by atoms with Gasteiger partial charge in [-0.2, -0.15) is 5.26 Å². The molecule has 92 valence electrons. The van der Waals surface area contributed by atoms with E-state index >= 15 is 0 Å². The van der Waals surface area contributed by atoms with E-state index in [-0.39, 0.29) is 0 Å². The molecule has 3 nitrogen and oxygen atoms in total. The van der Waals surface area contributed by atoms with Crippen molar-refractivity contribution in [2.24, 2.45) is 0 Å². The quantitative estimate of drug-likeness (QED) is 0.734. The molecule has 1 aromatic carbocycles. The maximum Gasteiger partial charge on any atom is 0.0991 e. The highest BCUT2D eigenvalue weighted by Crippen LogP contribution is 2.11. The Hall–Kier alpha value is -1.37. The molecule has 0 aliphatic rings. The molecule has 0 spiro atoms. The average Bonchev–Trinajstić information content (AvgIpc) is 2.35. The van der Waals surface area contributed by atoms with Crippen LogP contribution in [0.1, 0.15) is 30.0 Å². The maximum atomic E-state index is 8.76. The number of benzene rings is 1. The summed E-state index contributed by atoms with van der Waals surface area (Å²) < 4.78 is 5.58. The van der Waals surface area contributed by atoms with Gasteiger partial charge in [0.15, 0.2) is 0 Å². The molecule has 0 heterocycles. The predicted molar refractivity (Wildman–Crippen MR) is 68.7 cm³/mol. The van der Waals surface area contributed by atoms with E-state index in [1.54, 1.807) is 0 Å². The second kappa shape index (κ2) is 7.83. The number of ether oxygens (including phenoxy) is 1. The van der Waals surface area contributed by atoms with Gasteiger partial charge < -0.3 is 10.1 Å². The largest absolute Gasteiger partial charge is 0.375 e. The second-order valence-electron chi connectivity index (χ2n) is 4.06. The van der Waals surface area contributed by atoms with Crippen molar-refractivity contribution in [1.82, 2.24) is 5.32 Å². The third-order valence-electron chi connectivity index (χ3n) is 2.58. The first-order valence-electron chi connectivity index (χ1n) is 6.06. The molecule has 0 saturated heterocycles. The van der Waals surface area contributed by atoms with E-state index in [1.165, 1.54) is 0 Å². The first kappa shape index (κ1) is 13.7. The Kier molecular flexibility index (Phi) is 6.31. The highest BCUT2D eigenvalue weighted by molar-refractivity contribution is 5.37. The topological polar surface area (TPSA) is 45.0 Å². The summed E-state index contributed by atoms with van der Waals surface area (Å²) >= 11 is 0. The fourth-order valence-electron chi connectivity index (χ4n) is 1.56. The summed E-state index contributed by atoms with van der Waals surface area (Å²) in [5.41, 5.74) is 2.97. The highest BCUT2D eigenvalue weighted by Gasteiger charge is 2.00. The van der Waals surface area contributed by atoms with E-state index in [9.17, 15) is 0 Å². The Balaban J connectivity index is 2.30. The number of nitrogens with one attached hydrogen (secondary N) is 1. The number of hydrogen-bond acceptors (Lipinski definition) is 3. The van der Waals surface area contributed by atoms with Gasteiger partial charge in [0, 0.05) is 6.54 Å². The van der Waals surface area contributed by atoms with Crippen LogP contribution in [0.4, 0.5) is 0 Å². The van der Waals surface area contributed by atoms with Crippen molar-refractivity contribution in [3.63, 3.8) is 0 Å². The van der Waals surface area contributed by atoms with Crippen molar-refractivity contribution in [2.75, 3.05) is 19.7 Å². The summed E-state index contributed by atoms with van der Waals surface area (Å²) in [4.78, 5) is 0. The van der Waals surface area contributed by atoms with Crippen LogP contribution in [0.3, 0.4) is 0 Å². The summed E-state index contributed by atoms with van der Waals surface area (Å²) in [6.07, 6.45) is 1.15. The molecule has 0 fully saturated rings. The van der Waals surface area contributed by atoms with Crippen LogP contribution < -0.4 is 5.32 Å². The summed E-state index contributed by atoms with van der Waals surface area (Å²) in [6.45, 7) is 7.43.